The first-order chi connectivity index (χ1) is 12.6. The summed E-state index contributed by atoms with van der Waals surface area (Å²) in [5.74, 6) is -0.325. The van der Waals surface area contributed by atoms with Crippen molar-refractivity contribution in [2.24, 2.45) is 0 Å². The van der Waals surface area contributed by atoms with E-state index in [1.807, 2.05) is 49.4 Å². The Balaban J connectivity index is 1.57. The smallest absolute Gasteiger partial charge is 0.255 e. The van der Waals surface area contributed by atoms with E-state index >= 15 is 0 Å². The molecule has 0 saturated carbocycles. The highest BCUT2D eigenvalue weighted by Gasteiger charge is 2.08. The Morgan fingerprint density at radius 3 is 2.00 bits per heavy atom. The second kappa shape index (κ2) is 8.12. The second-order valence-electron chi connectivity index (χ2n) is 6.07. The summed E-state index contributed by atoms with van der Waals surface area (Å²) in [6.45, 7) is 2.51. The second-order valence-corrected chi connectivity index (χ2v) is 6.07. The van der Waals surface area contributed by atoms with Gasteiger partial charge in [-0.05, 0) is 48.9 Å². The van der Waals surface area contributed by atoms with Crippen molar-refractivity contribution in [3.8, 4) is 0 Å². The third-order valence-electron chi connectivity index (χ3n) is 4.01. The van der Waals surface area contributed by atoms with Crippen molar-refractivity contribution >= 4 is 17.5 Å². The number of rotatable bonds is 5. The Morgan fingerprint density at radius 1 is 0.731 bits per heavy atom. The number of aryl methyl sites for hydroxylation is 1. The maximum atomic E-state index is 12.2. The van der Waals surface area contributed by atoms with Crippen LogP contribution in [-0.2, 0) is 6.54 Å². The van der Waals surface area contributed by atoms with Gasteiger partial charge in [-0.25, -0.2) is 0 Å². The number of nitrogens with one attached hydrogen (secondary N) is 2. The van der Waals surface area contributed by atoms with Gasteiger partial charge in [0.25, 0.3) is 11.8 Å². The molecule has 0 spiro atoms. The molecule has 2 N–H and O–H groups in total. The van der Waals surface area contributed by atoms with Gasteiger partial charge < -0.3 is 10.6 Å². The van der Waals surface area contributed by atoms with E-state index in [0.29, 0.717) is 23.4 Å². The van der Waals surface area contributed by atoms with Crippen LogP contribution in [0.15, 0.2) is 78.9 Å². The summed E-state index contributed by atoms with van der Waals surface area (Å²) in [7, 11) is 0. The fraction of sp³-hybridized carbons (Fsp3) is 0.0909. The first kappa shape index (κ1) is 17.4. The molecule has 3 aromatic carbocycles. The van der Waals surface area contributed by atoms with Gasteiger partial charge in [-0.3, -0.25) is 9.59 Å². The number of carbonyl (C=O) groups is 2. The van der Waals surface area contributed by atoms with E-state index < -0.39 is 0 Å². The van der Waals surface area contributed by atoms with Crippen molar-refractivity contribution in [2.45, 2.75) is 13.5 Å². The molecule has 26 heavy (non-hydrogen) atoms. The van der Waals surface area contributed by atoms with Crippen LogP contribution in [0, 0.1) is 6.92 Å². The van der Waals surface area contributed by atoms with Gasteiger partial charge in [0.1, 0.15) is 0 Å². The zero-order valence-electron chi connectivity index (χ0n) is 14.5. The average Bonchev–Trinajstić information content (AvgIpc) is 2.68. The zero-order chi connectivity index (χ0) is 18.4. The third-order valence-corrected chi connectivity index (χ3v) is 4.01. The van der Waals surface area contributed by atoms with Crippen LogP contribution in [0.2, 0.25) is 0 Å². The van der Waals surface area contributed by atoms with E-state index in [9.17, 15) is 9.59 Å². The Labute approximate surface area is 152 Å². The minimum Gasteiger partial charge on any atom is -0.348 e. The van der Waals surface area contributed by atoms with Crippen LogP contribution in [0.1, 0.15) is 31.8 Å². The molecule has 3 aromatic rings. The van der Waals surface area contributed by atoms with Crippen LogP contribution in [0.3, 0.4) is 0 Å². The number of anilines is 1. The lowest BCUT2D eigenvalue weighted by Crippen LogP contribution is -2.22. The highest BCUT2D eigenvalue weighted by molar-refractivity contribution is 6.04. The molecule has 0 radical (unpaired) electrons. The van der Waals surface area contributed by atoms with Crippen LogP contribution in [0.5, 0.6) is 0 Å². The van der Waals surface area contributed by atoms with E-state index in [2.05, 4.69) is 10.6 Å². The van der Waals surface area contributed by atoms with Crippen molar-refractivity contribution in [3.63, 3.8) is 0 Å². The minimum atomic E-state index is -0.179. The molecular weight excluding hydrogens is 324 g/mol. The summed E-state index contributed by atoms with van der Waals surface area (Å²) < 4.78 is 0. The van der Waals surface area contributed by atoms with E-state index in [1.165, 1.54) is 5.56 Å². The van der Waals surface area contributed by atoms with Gasteiger partial charge >= 0.3 is 0 Å². The highest BCUT2D eigenvalue weighted by atomic mass is 16.2. The molecule has 0 aromatic heterocycles. The van der Waals surface area contributed by atoms with Gasteiger partial charge in [0.15, 0.2) is 0 Å². The van der Waals surface area contributed by atoms with Crippen molar-refractivity contribution in [1.29, 1.82) is 0 Å². The quantitative estimate of drug-likeness (QED) is 0.729. The third kappa shape index (κ3) is 4.57. The minimum absolute atomic E-state index is 0.147. The molecule has 0 aliphatic rings. The maximum absolute atomic E-state index is 12.2. The average molecular weight is 344 g/mol. The predicted octanol–water partition coefficient (Wildman–Crippen LogP) is 4.18. The number of hydrogen-bond donors (Lipinski definition) is 2. The van der Waals surface area contributed by atoms with Crippen LogP contribution < -0.4 is 10.6 Å². The van der Waals surface area contributed by atoms with Crippen LogP contribution >= 0.6 is 0 Å². The number of hydrogen-bond acceptors (Lipinski definition) is 2. The summed E-state index contributed by atoms with van der Waals surface area (Å²) >= 11 is 0. The molecule has 0 unspecified atom stereocenters. The molecule has 4 heteroatoms. The summed E-state index contributed by atoms with van der Waals surface area (Å²) in [5, 5.41) is 5.71. The Kier molecular flexibility index (Phi) is 5.44. The zero-order valence-corrected chi connectivity index (χ0v) is 14.5. The summed E-state index contributed by atoms with van der Waals surface area (Å²) in [6.07, 6.45) is 0. The molecule has 0 aliphatic carbocycles. The van der Waals surface area contributed by atoms with Crippen molar-refractivity contribution in [2.75, 3.05) is 5.32 Å². The fourth-order valence-electron chi connectivity index (χ4n) is 2.49. The normalized spacial score (nSPS) is 10.2. The van der Waals surface area contributed by atoms with Crippen LogP contribution in [-0.4, -0.2) is 11.8 Å². The van der Waals surface area contributed by atoms with Gasteiger partial charge in [0, 0.05) is 23.4 Å². The molecule has 3 rings (SSSR count). The van der Waals surface area contributed by atoms with E-state index in [-0.39, 0.29) is 11.8 Å². The molecular formula is C22H20N2O2. The SMILES string of the molecule is Cc1ccc(CNC(=O)c2ccc(NC(=O)c3ccccc3)cc2)cc1. The summed E-state index contributed by atoms with van der Waals surface area (Å²) in [5.41, 5.74) is 4.03. The molecule has 0 aliphatic heterocycles. The first-order valence-corrected chi connectivity index (χ1v) is 8.42. The molecule has 130 valence electrons. The number of amides is 2. The fourth-order valence-corrected chi connectivity index (χ4v) is 2.49. The van der Waals surface area contributed by atoms with E-state index in [4.69, 9.17) is 0 Å². The molecule has 4 nitrogen and oxygen atoms in total. The van der Waals surface area contributed by atoms with Crippen LogP contribution in [0.4, 0.5) is 5.69 Å². The van der Waals surface area contributed by atoms with Crippen molar-refractivity contribution in [3.05, 3.63) is 101 Å². The maximum Gasteiger partial charge on any atom is 0.255 e. The Hall–Kier alpha value is -3.40. The first-order valence-electron chi connectivity index (χ1n) is 8.42. The number of carbonyl (C=O) groups excluding carboxylic acids is 2. The molecule has 0 bridgehead atoms. The topological polar surface area (TPSA) is 58.2 Å². The monoisotopic (exact) mass is 344 g/mol. The molecule has 0 saturated heterocycles. The highest BCUT2D eigenvalue weighted by Crippen LogP contribution is 2.12. The standard InChI is InChI=1S/C22H20N2O2/c1-16-7-9-17(10-8-16)15-23-21(25)19-11-13-20(14-12-19)24-22(26)18-5-3-2-4-6-18/h2-14H,15H2,1H3,(H,23,25)(H,24,26). The molecule has 0 fully saturated rings. The lowest BCUT2D eigenvalue weighted by molar-refractivity contribution is 0.0950. The Bertz CT molecular complexity index is 886. The van der Waals surface area contributed by atoms with Gasteiger partial charge in [-0.1, -0.05) is 48.0 Å². The Morgan fingerprint density at radius 2 is 1.35 bits per heavy atom. The predicted molar refractivity (Wildman–Crippen MR) is 103 cm³/mol. The summed E-state index contributed by atoms with van der Waals surface area (Å²) in [6, 6.07) is 23.9. The van der Waals surface area contributed by atoms with Gasteiger partial charge in [-0.15, -0.1) is 0 Å². The molecule has 2 amide bonds. The lowest BCUT2D eigenvalue weighted by Gasteiger charge is -2.08. The largest absolute Gasteiger partial charge is 0.348 e. The van der Waals surface area contributed by atoms with Gasteiger partial charge in [0.2, 0.25) is 0 Å². The molecule has 0 atom stereocenters. The molecule has 0 heterocycles. The van der Waals surface area contributed by atoms with Gasteiger partial charge in [-0.2, -0.15) is 0 Å². The number of benzene rings is 3. The lowest BCUT2D eigenvalue weighted by atomic mass is 10.1. The summed E-state index contributed by atoms with van der Waals surface area (Å²) in [4.78, 5) is 24.4. The van der Waals surface area contributed by atoms with E-state index in [1.54, 1.807) is 36.4 Å². The van der Waals surface area contributed by atoms with Crippen LogP contribution in [0.25, 0.3) is 0 Å². The van der Waals surface area contributed by atoms with Gasteiger partial charge in [0.05, 0.1) is 0 Å². The van der Waals surface area contributed by atoms with Crippen molar-refractivity contribution in [1.82, 2.24) is 5.32 Å². The van der Waals surface area contributed by atoms with E-state index in [0.717, 1.165) is 5.56 Å². The van der Waals surface area contributed by atoms with Crippen molar-refractivity contribution < 1.29 is 9.59 Å².